The standard InChI is InChI=1S/C10H8N2O3/c11-7-10(14,15)9(13)12-6-8-4-2-1-3-5-8/h1-6,14-15H. The molecule has 0 spiro atoms. The second-order valence-corrected chi connectivity index (χ2v) is 2.76. The zero-order valence-electron chi connectivity index (χ0n) is 7.66. The fourth-order valence-corrected chi connectivity index (χ4v) is 0.810. The number of carbonyl (C=O) groups is 1. The van der Waals surface area contributed by atoms with Gasteiger partial charge in [0.1, 0.15) is 6.07 Å². The second kappa shape index (κ2) is 4.46. The fourth-order valence-electron chi connectivity index (χ4n) is 0.810. The molecule has 1 aromatic rings. The SMILES string of the molecule is N#CC(O)(O)C(=O)N=Cc1ccccc1. The number of nitriles is 1. The smallest absolute Gasteiger partial charge is 0.338 e. The van der Waals surface area contributed by atoms with Crippen LogP contribution in [0.2, 0.25) is 0 Å². The summed E-state index contributed by atoms with van der Waals surface area (Å²) in [4.78, 5) is 14.2. The third-order valence-electron chi connectivity index (χ3n) is 1.58. The number of rotatable bonds is 2. The van der Waals surface area contributed by atoms with Crippen molar-refractivity contribution in [3.63, 3.8) is 0 Å². The molecule has 0 saturated heterocycles. The first-order valence-electron chi connectivity index (χ1n) is 4.06. The highest BCUT2D eigenvalue weighted by molar-refractivity contribution is 5.96. The molecule has 1 amide bonds. The maximum atomic E-state index is 10.9. The van der Waals surface area contributed by atoms with E-state index in [4.69, 9.17) is 15.5 Å². The van der Waals surface area contributed by atoms with E-state index in [0.717, 1.165) is 12.3 Å². The van der Waals surface area contributed by atoms with Crippen LogP contribution in [0.3, 0.4) is 0 Å². The number of hydrogen-bond acceptors (Lipinski definition) is 4. The van der Waals surface area contributed by atoms with Crippen molar-refractivity contribution in [1.29, 1.82) is 5.26 Å². The van der Waals surface area contributed by atoms with Gasteiger partial charge in [-0.25, -0.2) is 4.99 Å². The first kappa shape index (κ1) is 11.0. The van der Waals surface area contributed by atoms with E-state index in [-0.39, 0.29) is 0 Å². The van der Waals surface area contributed by atoms with Crippen LogP contribution in [0.5, 0.6) is 0 Å². The second-order valence-electron chi connectivity index (χ2n) is 2.76. The van der Waals surface area contributed by atoms with Gasteiger partial charge in [0.2, 0.25) is 0 Å². The molecule has 76 valence electrons. The van der Waals surface area contributed by atoms with Crippen molar-refractivity contribution in [1.82, 2.24) is 0 Å². The monoisotopic (exact) mass is 204 g/mol. The minimum Gasteiger partial charge on any atom is -0.347 e. The summed E-state index contributed by atoms with van der Waals surface area (Å²) in [5.41, 5.74) is 0.625. The molecule has 5 heteroatoms. The summed E-state index contributed by atoms with van der Waals surface area (Å²) in [5.74, 6) is -4.36. The molecule has 0 atom stereocenters. The molecule has 0 unspecified atom stereocenters. The summed E-state index contributed by atoms with van der Waals surface area (Å²) >= 11 is 0. The van der Waals surface area contributed by atoms with Crippen LogP contribution in [0.1, 0.15) is 5.56 Å². The van der Waals surface area contributed by atoms with Gasteiger partial charge in [0.15, 0.2) is 0 Å². The van der Waals surface area contributed by atoms with Gasteiger partial charge in [-0.1, -0.05) is 30.3 Å². The maximum absolute atomic E-state index is 10.9. The van der Waals surface area contributed by atoms with E-state index < -0.39 is 11.7 Å². The lowest BCUT2D eigenvalue weighted by Crippen LogP contribution is -2.35. The van der Waals surface area contributed by atoms with Crippen molar-refractivity contribution in [2.45, 2.75) is 5.79 Å². The number of aliphatic imine (C=N–C) groups is 1. The third kappa shape index (κ3) is 2.98. The zero-order chi connectivity index (χ0) is 11.3. The Bertz CT molecular complexity index is 418. The average Bonchev–Trinajstić information content (AvgIpc) is 2.27. The average molecular weight is 204 g/mol. The fraction of sp³-hybridized carbons (Fsp3) is 0.100. The molecule has 15 heavy (non-hydrogen) atoms. The van der Waals surface area contributed by atoms with Gasteiger partial charge in [-0.3, -0.25) is 4.79 Å². The quantitative estimate of drug-likeness (QED) is 0.397. The van der Waals surface area contributed by atoms with E-state index in [2.05, 4.69) is 4.99 Å². The van der Waals surface area contributed by atoms with E-state index in [1.165, 1.54) is 0 Å². The van der Waals surface area contributed by atoms with Gasteiger partial charge in [0.05, 0.1) is 0 Å². The molecule has 0 saturated carbocycles. The molecule has 0 aliphatic carbocycles. The highest BCUT2D eigenvalue weighted by Crippen LogP contribution is 2.01. The van der Waals surface area contributed by atoms with E-state index in [9.17, 15) is 4.79 Å². The molecule has 5 nitrogen and oxygen atoms in total. The molecule has 0 bridgehead atoms. The maximum Gasteiger partial charge on any atom is 0.338 e. The Balaban J connectivity index is 2.77. The number of carbonyl (C=O) groups excluding carboxylic acids is 1. The highest BCUT2D eigenvalue weighted by atomic mass is 16.5. The topological polar surface area (TPSA) is 93.7 Å². The van der Waals surface area contributed by atoms with Gasteiger partial charge in [-0.2, -0.15) is 5.26 Å². The number of aliphatic hydroxyl groups is 2. The van der Waals surface area contributed by atoms with Crippen LogP contribution in [0.15, 0.2) is 35.3 Å². The van der Waals surface area contributed by atoms with Gasteiger partial charge in [-0.05, 0) is 5.56 Å². The van der Waals surface area contributed by atoms with Crippen LogP contribution in [-0.2, 0) is 4.79 Å². The lowest BCUT2D eigenvalue weighted by Gasteiger charge is -2.05. The number of hydrogen-bond donors (Lipinski definition) is 2. The van der Waals surface area contributed by atoms with Gasteiger partial charge in [-0.15, -0.1) is 0 Å². The van der Waals surface area contributed by atoms with E-state index in [1.54, 1.807) is 30.3 Å². The summed E-state index contributed by atoms with van der Waals surface area (Å²) < 4.78 is 0. The molecule has 1 rings (SSSR count). The van der Waals surface area contributed by atoms with Crippen molar-refractivity contribution in [2.75, 3.05) is 0 Å². The number of amides is 1. The third-order valence-corrected chi connectivity index (χ3v) is 1.58. The molecular formula is C10H8N2O3. The Hall–Kier alpha value is -2.03. The summed E-state index contributed by atoms with van der Waals surface area (Å²) in [5, 5.41) is 25.8. The van der Waals surface area contributed by atoms with Crippen LogP contribution in [-0.4, -0.2) is 28.1 Å². The molecule has 0 heterocycles. The van der Waals surface area contributed by atoms with Crippen molar-refractivity contribution >= 4 is 12.1 Å². The Kier molecular flexibility index (Phi) is 3.29. The molecule has 0 aromatic heterocycles. The minimum absolute atomic E-state index is 0.625. The molecule has 1 aromatic carbocycles. The van der Waals surface area contributed by atoms with E-state index >= 15 is 0 Å². The Morgan fingerprint density at radius 3 is 2.53 bits per heavy atom. The summed E-state index contributed by atoms with van der Waals surface area (Å²) in [6.45, 7) is 0. The molecule has 0 aliphatic rings. The Morgan fingerprint density at radius 1 is 1.40 bits per heavy atom. The van der Waals surface area contributed by atoms with E-state index in [1.807, 2.05) is 0 Å². The van der Waals surface area contributed by atoms with E-state index in [0.29, 0.717) is 5.56 Å². The summed E-state index contributed by atoms with van der Waals surface area (Å²) in [7, 11) is 0. The molecule has 2 N–H and O–H groups in total. The first-order chi connectivity index (χ1) is 7.06. The number of nitrogens with zero attached hydrogens (tertiary/aromatic N) is 2. The lowest BCUT2D eigenvalue weighted by molar-refractivity contribution is -0.161. The largest absolute Gasteiger partial charge is 0.347 e. The van der Waals surface area contributed by atoms with Crippen LogP contribution in [0, 0.1) is 11.3 Å². The van der Waals surface area contributed by atoms with Gasteiger partial charge in [0, 0.05) is 6.21 Å². The Morgan fingerprint density at radius 2 is 2.00 bits per heavy atom. The lowest BCUT2D eigenvalue weighted by atomic mass is 10.2. The van der Waals surface area contributed by atoms with Crippen molar-refractivity contribution < 1.29 is 15.0 Å². The molecule has 0 fully saturated rings. The van der Waals surface area contributed by atoms with Crippen LogP contribution >= 0.6 is 0 Å². The minimum atomic E-state index is -3.05. The molecule has 0 aliphatic heterocycles. The van der Waals surface area contributed by atoms with Crippen LogP contribution < -0.4 is 0 Å². The highest BCUT2D eigenvalue weighted by Gasteiger charge is 2.32. The first-order valence-corrected chi connectivity index (χ1v) is 4.06. The zero-order valence-corrected chi connectivity index (χ0v) is 7.66. The molecular weight excluding hydrogens is 196 g/mol. The predicted octanol–water partition coefficient (Wildman–Crippen LogP) is -0.163. The van der Waals surface area contributed by atoms with Crippen LogP contribution in [0.4, 0.5) is 0 Å². The summed E-state index contributed by atoms with van der Waals surface area (Å²) in [6.07, 6.45) is 1.15. The van der Waals surface area contributed by atoms with Crippen molar-refractivity contribution in [2.24, 2.45) is 4.99 Å². The van der Waals surface area contributed by atoms with Gasteiger partial charge < -0.3 is 10.2 Å². The van der Waals surface area contributed by atoms with Crippen molar-refractivity contribution in [3.8, 4) is 6.07 Å². The van der Waals surface area contributed by atoms with Gasteiger partial charge >= 0.3 is 11.7 Å². The molecule has 0 radical (unpaired) electrons. The van der Waals surface area contributed by atoms with Crippen LogP contribution in [0.25, 0.3) is 0 Å². The van der Waals surface area contributed by atoms with Gasteiger partial charge in [0.25, 0.3) is 0 Å². The number of benzene rings is 1. The Labute approximate surface area is 85.9 Å². The summed E-state index contributed by atoms with van der Waals surface area (Å²) in [6, 6.07) is 9.65. The van der Waals surface area contributed by atoms with Crippen molar-refractivity contribution in [3.05, 3.63) is 35.9 Å². The predicted molar refractivity (Wildman–Crippen MR) is 51.8 cm³/mol. The normalized spacial score (nSPS) is 11.3.